The molecule has 2 rings (SSSR count). The van der Waals surface area contributed by atoms with Gasteiger partial charge in [-0.3, -0.25) is 9.59 Å². The fourth-order valence-electron chi connectivity index (χ4n) is 2.17. The van der Waals surface area contributed by atoms with E-state index in [1.54, 1.807) is 31.4 Å². The molecule has 0 bridgehead atoms. The summed E-state index contributed by atoms with van der Waals surface area (Å²) in [6.45, 7) is 1.76. The molecule has 1 N–H and O–H groups in total. The van der Waals surface area contributed by atoms with Crippen molar-refractivity contribution >= 4 is 17.6 Å². The summed E-state index contributed by atoms with van der Waals surface area (Å²) in [6.07, 6.45) is 1.03. The van der Waals surface area contributed by atoms with Gasteiger partial charge in [0.2, 0.25) is 0 Å². The van der Waals surface area contributed by atoms with Gasteiger partial charge in [0.05, 0.1) is 13.5 Å². The Morgan fingerprint density at radius 1 is 1.04 bits per heavy atom. The summed E-state index contributed by atoms with van der Waals surface area (Å²) in [5.74, 6) is -0.147. The van der Waals surface area contributed by atoms with Crippen LogP contribution in [0.25, 0.3) is 0 Å². The minimum absolute atomic E-state index is 0.0929. The number of carbonyl (C=O) groups excluding carboxylic acids is 2. The quantitative estimate of drug-likeness (QED) is 0.794. The van der Waals surface area contributed by atoms with Crippen LogP contribution in [0.1, 0.15) is 18.1 Å². The lowest BCUT2D eigenvalue weighted by Gasteiger charge is -2.08. The van der Waals surface area contributed by atoms with Crippen LogP contribution >= 0.6 is 0 Å². The summed E-state index contributed by atoms with van der Waals surface area (Å²) in [7, 11) is 1.56. The van der Waals surface area contributed by atoms with E-state index in [2.05, 4.69) is 12.2 Å². The van der Waals surface area contributed by atoms with E-state index in [1.165, 1.54) is 5.56 Å². The number of hydrogen-bond acceptors (Lipinski definition) is 4. The molecule has 0 saturated carbocycles. The van der Waals surface area contributed by atoms with Gasteiger partial charge in [-0.2, -0.15) is 0 Å². The molecule has 0 unspecified atom stereocenters. The van der Waals surface area contributed by atoms with Crippen molar-refractivity contribution in [2.24, 2.45) is 0 Å². The number of amides is 1. The first-order valence-corrected chi connectivity index (χ1v) is 7.78. The fourth-order valence-corrected chi connectivity index (χ4v) is 2.17. The number of rotatable bonds is 7. The van der Waals surface area contributed by atoms with Gasteiger partial charge in [0.25, 0.3) is 5.91 Å². The van der Waals surface area contributed by atoms with Crippen LogP contribution in [-0.2, 0) is 27.2 Å². The molecule has 2 aromatic carbocycles. The molecular formula is C19H21NO4. The van der Waals surface area contributed by atoms with Gasteiger partial charge in [-0.15, -0.1) is 0 Å². The molecule has 2 aromatic rings. The second-order valence-electron chi connectivity index (χ2n) is 5.29. The highest BCUT2D eigenvalue weighted by atomic mass is 16.5. The largest absolute Gasteiger partial charge is 0.497 e. The molecule has 5 heteroatoms. The zero-order valence-electron chi connectivity index (χ0n) is 13.9. The highest BCUT2D eigenvalue weighted by Gasteiger charge is 2.09. The van der Waals surface area contributed by atoms with E-state index in [0.717, 1.165) is 12.0 Å². The summed E-state index contributed by atoms with van der Waals surface area (Å²) in [5, 5.41) is 2.69. The van der Waals surface area contributed by atoms with E-state index in [9.17, 15) is 9.59 Å². The van der Waals surface area contributed by atoms with Gasteiger partial charge in [0, 0.05) is 5.69 Å². The standard InChI is InChI=1S/C19H21NO4/c1-3-14-7-9-16(10-8-14)20-18(21)13-24-19(22)12-15-5-4-6-17(11-15)23-2/h4-11H,3,12-13H2,1-2H3,(H,20,21). The number of methoxy groups -OCH3 is 1. The van der Waals surface area contributed by atoms with Gasteiger partial charge < -0.3 is 14.8 Å². The molecule has 0 fully saturated rings. The molecule has 5 nitrogen and oxygen atoms in total. The molecule has 0 heterocycles. The lowest BCUT2D eigenvalue weighted by molar-refractivity contribution is -0.146. The summed E-state index contributed by atoms with van der Waals surface area (Å²) in [5.41, 5.74) is 2.65. The average molecular weight is 327 g/mol. The van der Waals surface area contributed by atoms with Crippen LogP contribution in [0.15, 0.2) is 48.5 Å². The normalized spacial score (nSPS) is 10.1. The number of carbonyl (C=O) groups is 2. The van der Waals surface area contributed by atoms with Crippen molar-refractivity contribution in [3.8, 4) is 5.75 Å². The Bertz CT molecular complexity index is 695. The lowest BCUT2D eigenvalue weighted by atomic mass is 10.1. The van der Waals surface area contributed by atoms with Crippen LogP contribution in [0, 0.1) is 0 Å². The van der Waals surface area contributed by atoms with Crippen LogP contribution in [0.5, 0.6) is 5.75 Å². The lowest BCUT2D eigenvalue weighted by Crippen LogP contribution is -2.21. The number of esters is 1. The predicted molar refractivity (Wildman–Crippen MR) is 92.1 cm³/mol. The van der Waals surface area contributed by atoms with Crippen molar-refractivity contribution in [1.29, 1.82) is 0 Å². The molecule has 0 aliphatic carbocycles. The fraction of sp³-hybridized carbons (Fsp3) is 0.263. The zero-order chi connectivity index (χ0) is 17.4. The third-order valence-electron chi connectivity index (χ3n) is 3.49. The van der Waals surface area contributed by atoms with Gasteiger partial charge in [-0.05, 0) is 41.8 Å². The van der Waals surface area contributed by atoms with E-state index in [4.69, 9.17) is 9.47 Å². The van der Waals surface area contributed by atoms with Gasteiger partial charge in [0.1, 0.15) is 5.75 Å². The maximum Gasteiger partial charge on any atom is 0.310 e. The maximum atomic E-state index is 11.8. The highest BCUT2D eigenvalue weighted by Crippen LogP contribution is 2.13. The van der Waals surface area contributed by atoms with Crippen molar-refractivity contribution in [2.75, 3.05) is 19.0 Å². The maximum absolute atomic E-state index is 11.8. The Morgan fingerprint density at radius 2 is 1.79 bits per heavy atom. The summed E-state index contributed by atoms with van der Waals surface area (Å²) in [4.78, 5) is 23.6. The number of aryl methyl sites for hydroxylation is 1. The van der Waals surface area contributed by atoms with Crippen LogP contribution in [0.2, 0.25) is 0 Å². The van der Waals surface area contributed by atoms with Crippen molar-refractivity contribution in [3.63, 3.8) is 0 Å². The molecule has 0 aliphatic rings. The van der Waals surface area contributed by atoms with E-state index < -0.39 is 5.97 Å². The Labute approximate surface area is 141 Å². The molecule has 0 saturated heterocycles. The number of ether oxygens (including phenoxy) is 2. The molecular weight excluding hydrogens is 306 g/mol. The molecule has 0 radical (unpaired) electrons. The Hall–Kier alpha value is -2.82. The Balaban J connectivity index is 1.78. The van der Waals surface area contributed by atoms with Crippen molar-refractivity contribution in [1.82, 2.24) is 0 Å². The summed E-state index contributed by atoms with van der Waals surface area (Å²) >= 11 is 0. The third kappa shape index (κ3) is 5.43. The number of benzene rings is 2. The molecule has 1 amide bonds. The minimum Gasteiger partial charge on any atom is -0.497 e. The summed E-state index contributed by atoms with van der Waals surface area (Å²) < 4.78 is 10.1. The Kier molecular flexibility index (Phi) is 6.37. The first kappa shape index (κ1) is 17.5. The number of anilines is 1. The third-order valence-corrected chi connectivity index (χ3v) is 3.49. The molecule has 0 aliphatic heterocycles. The van der Waals surface area contributed by atoms with E-state index >= 15 is 0 Å². The SMILES string of the molecule is CCc1ccc(NC(=O)COC(=O)Cc2cccc(OC)c2)cc1. The van der Waals surface area contributed by atoms with Crippen LogP contribution in [0.3, 0.4) is 0 Å². The minimum atomic E-state index is -0.459. The first-order valence-electron chi connectivity index (χ1n) is 7.78. The summed E-state index contributed by atoms with van der Waals surface area (Å²) in [6, 6.07) is 14.7. The molecule has 24 heavy (non-hydrogen) atoms. The molecule has 0 atom stereocenters. The smallest absolute Gasteiger partial charge is 0.310 e. The van der Waals surface area contributed by atoms with Crippen LogP contribution in [-0.4, -0.2) is 25.6 Å². The van der Waals surface area contributed by atoms with E-state index in [0.29, 0.717) is 11.4 Å². The van der Waals surface area contributed by atoms with Gasteiger partial charge in [0.15, 0.2) is 6.61 Å². The Morgan fingerprint density at radius 3 is 2.46 bits per heavy atom. The highest BCUT2D eigenvalue weighted by molar-refractivity contribution is 5.92. The average Bonchev–Trinajstić information content (AvgIpc) is 2.61. The van der Waals surface area contributed by atoms with Crippen molar-refractivity contribution < 1.29 is 19.1 Å². The second-order valence-corrected chi connectivity index (χ2v) is 5.29. The zero-order valence-corrected chi connectivity index (χ0v) is 13.9. The van der Waals surface area contributed by atoms with E-state index in [-0.39, 0.29) is 18.9 Å². The van der Waals surface area contributed by atoms with Gasteiger partial charge in [-0.25, -0.2) is 0 Å². The molecule has 126 valence electrons. The van der Waals surface area contributed by atoms with Crippen molar-refractivity contribution in [2.45, 2.75) is 19.8 Å². The first-order chi connectivity index (χ1) is 11.6. The number of nitrogens with one attached hydrogen (secondary N) is 1. The van der Waals surface area contributed by atoms with E-state index in [1.807, 2.05) is 24.3 Å². The number of hydrogen-bond donors (Lipinski definition) is 1. The van der Waals surface area contributed by atoms with Gasteiger partial charge >= 0.3 is 5.97 Å². The topological polar surface area (TPSA) is 64.6 Å². The van der Waals surface area contributed by atoms with Gasteiger partial charge in [-0.1, -0.05) is 31.2 Å². The van der Waals surface area contributed by atoms with Crippen molar-refractivity contribution in [3.05, 3.63) is 59.7 Å². The second kappa shape index (κ2) is 8.72. The van der Waals surface area contributed by atoms with Crippen LogP contribution < -0.4 is 10.1 Å². The monoisotopic (exact) mass is 327 g/mol. The van der Waals surface area contributed by atoms with Crippen LogP contribution in [0.4, 0.5) is 5.69 Å². The predicted octanol–water partition coefficient (Wildman–Crippen LogP) is 2.98. The molecule has 0 spiro atoms. The molecule has 0 aromatic heterocycles.